The van der Waals surface area contributed by atoms with Crippen LogP contribution in [-0.2, 0) is 14.8 Å². The van der Waals surface area contributed by atoms with Gasteiger partial charge in [0.1, 0.15) is 0 Å². The first-order chi connectivity index (χ1) is 9.59. The first-order valence-corrected chi connectivity index (χ1v) is 8.15. The van der Waals surface area contributed by atoms with Gasteiger partial charge in [0, 0.05) is 40.1 Å². The van der Waals surface area contributed by atoms with E-state index in [0.717, 1.165) is 12.8 Å². The topological polar surface area (TPSA) is 71.5 Å². The Morgan fingerprint density at radius 2 is 2.15 bits per heavy atom. The number of hydrogen-bond acceptors (Lipinski definition) is 5. The van der Waals surface area contributed by atoms with Gasteiger partial charge in [0.15, 0.2) is 5.03 Å². The molecule has 1 saturated heterocycles. The van der Waals surface area contributed by atoms with Crippen LogP contribution in [0.25, 0.3) is 0 Å². The second-order valence-corrected chi connectivity index (χ2v) is 6.76. The lowest BCUT2D eigenvalue weighted by Gasteiger charge is -2.30. The van der Waals surface area contributed by atoms with Crippen molar-refractivity contribution in [2.75, 3.05) is 39.2 Å². The SMILES string of the molecule is CNc1cccnc1S(=O)(=O)N1CCC(COC)CC1. The van der Waals surface area contributed by atoms with Crippen molar-refractivity contribution >= 4 is 15.7 Å². The third-order valence-corrected chi connectivity index (χ3v) is 5.46. The van der Waals surface area contributed by atoms with Crippen molar-refractivity contribution < 1.29 is 13.2 Å². The third kappa shape index (κ3) is 3.11. The highest BCUT2D eigenvalue weighted by atomic mass is 32.2. The maximum atomic E-state index is 12.6. The van der Waals surface area contributed by atoms with Gasteiger partial charge in [-0.1, -0.05) is 0 Å². The molecule has 2 heterocycles. The van der Waals surface area contributed by atoms with E-state index in [9.17, 15) is 8.42 Å². The van der Waals surface area contributed by atoms with Crippen LogP contribution in [0.5, 0.6) is 0 Å². The predicted octanol–water partition coefficient (Wildman–Crippen LogP) is 1.17. The normalized spacial score (nSPS) is 18.1. The summed E-state index contributed by atoms with van der Waals surface area (Å²) in [6.45, 7) is 1.74. The van der Waals surface area contributed by atoms with Gasteiger partial charge in [-0.3, -0.25) is 0 Å². The van der Waals surface area contributed by atoms with Gasteiger partial charge in [0.25, 0.3) is 10.0 Å². The molecule has 6 nitrogen and oxygen atoms in total. The fraction of sp³-hybridized carbons (Fsp3) is 0.615. The highest BCUT2D eigenvalue weighted by molar-refractivity contribution is 7.89. The van der Waals surface area contributed by atoms with Crippen LogP contribution >= 0.6 is 0 Å². The van der Waals surface area contributed by atoms with Gasteiger partial charge in [-0.05, 0) is 30.9 Å². The number of sulfonamides is 1. The Labute approximate surface area is 120 Å². The summed E-state index contributed by atoms with van der Waals surface area (Å²) in [4.78, 5) is 4.03. The molecule has 0 unspecified atom stereocenters. The van der Waals surface area contributed by atoms with Crippen molar-refractivity contribution in [2.24, 2.45) is 5.92 Å². The molecule has 0 radical (unpaired) electrons. The average Bonchev–Trinajstić information content (AvgIpc) is 2.48. The Bertz CT molecular complexity index is 540. The number of aromatic nitrogens is 1. The molecule has 2 rings (SSSR count). The van der Waals surface area contributed by atoms with Crippen molar-refractivity contribution in [1.29, 1.82) is 0 Å². The summed E-state index contributed by atoms with van der Waals surface area (Å²) in [5, 5.41) is 2.99. The monoisotopic (exact) mass is 299 g/mol. The van der Waals surface area contributed by atoms with E-state index in [4.69, 9.17) is 4.74 Å². The number of methoxy groups -OCH3 is 1. The van der Waals surface area contributed by atoms with Gasteiger partial charge in [-0.25, -0.2) is 13.4 Å². The number of piperidine rings is 1. The van der Waals surface area contributed by atoms with Crippen LogP contribution in [0, 0.1) is 5.92 Å². The molecule has 112 valence electrons. The van der Waals surface area contributed by atoms with Crippen LogP contribution in [0.1, 0.15) is 12.8 Å². The van der Waals surface area contributed by atoms with Gasteiger partial charge in [-0.15, -0.1) is 0 Å². The van der Waals surface area contributed by atoms with Crippen LogP contribution < -0.4 is 5.32 Å². The first-order valence-electron chi connectivity index (χ1n) is 6.71. The zero-order valence-corrected chi connectivity index (χ0v) is 12.7. The minimum Gasteiger partial charge on any atom is -0.386 e. The number of pyridine rings is 1. The summed E-state index contributed by atoms with van der Waals surface area (Å²) in [5.74, 6) is 0.443. The van der Waals surface area contributed by atoms with E-state index >= 15 is 0 Å². The second-order valence-electron chi connectivity index (χ2n) is 4.91. The molecular weight excluding hydrogens is 278 g/mol. The molecule has 20 heavy (non-hydrogen) atoms. The highest BCUT2D eigenvalue weighted by Gasteiger charge is 2.31. The van der Waals surface area contributed by atoms with Gasteiger partial charge in [0.2, 0.25) is 0 Å². The van der Waals surface area contributed by atoms with Gasteiger partial charge < -0.3 is 10.1 Å². The van der Waals surface area contributed by atoms with Crippen LogP contribution in [-0.4, -0.2) is 51.6 Å². The molecule has 7 heteroatoms. The summed E-state index contributed by atoms with van der Waals surface area (Å²) in [6, 6.07) is 3.44. The van der Waals surface area contributed by atoms with Crippen molar-refractivity contribution in [3.05, 3.63) is 18.3 Å². The molecule has 1 aromatic rings. The summed E-state index contributed by atoms with van der Waals surface area (Å²) < 4.78 is 31.9. The van der Waals surface area contributed by atoms with Gasteiger partial charge in [0.05, 0.1) is 5.69 Å². The van der Waals surface area contributed by atoms with Crippen molar-refractivity contribution in [3.63, 3.8) is 0 Å². The molecule has 0 atom stereocenters. The minimum atomic E-state index is -3.52. The van der Waals surface area contributed by atoms with E-state index in [2.05, 4.69) is 10.3 Å². The third-order valence-electron chi connectivity index (χ3n) is 3.60. The molecule has 1 N–H and O–H groups in total. The Kier molecular flexibility index (Phi) is 4.95. The van der Waals surface area contributed by atoms with E-state index in [1.165, 1.54) is 10.5 Å². The minimum absolute atomic E-state index is 0.104. The summed E-state index contributed by atoms with van der Waals surface area (Å²) in [6.07, 6.45) is 3.16. The second kappa shape index (κ2) is 6.51. The lowest BCUT2D eigenvalue weighted by atomic mass is 9.99. The molecule has 0 saturated carbocycles. The van der Waals surface area contributed by atoms with Gasteiger partial charge >= 0.3 is 0 Å². The van der Waals surface area contributed by atoms with E-state index in [1.54, 1.807) is 26.3 Å². The zero-order chi connectivity index (χ0) is 14.6. The molecule has 0 aromatic carbocycles. The number of nitrogens with one attached hydrogen (secondary N) is 1. The number of ether oxygens (including phenoxy) is 1. The molecule has 1 aliphatic rings. The maximum Gasteiger partial charge on any atom is 0.262 e. The number of hydrogen-bond donors (Lipinski definition) is 1. The Morgan fingerprint density at radius 1 is 1.45 bits per heavy atom. The van der Waals surface area contributed by atoms with Crippen molar-refractivity contribution in [2.45, 2.75) is 17.9 Å². The van der Waals surface area contributed by atoms with E-state index < -0.39 is 10.0 Å². The number of rotatable bonds is 5. The van der Waals surface area contributed by atoms with E-state index in [-0.39, 0.29) is 5.03 Å². The Morgan fingerprint density at radius 3 is 2.75 bits per heavy atom. The molecule has 0 aliphatic carbocycles. The molecule has 0 bridgehead atoms. The largest absolute Gasteiger partial charge is 0.386 e. The average molecular weight is 299 g/mol. The van der Waals surface area contributed by atoms with Crippen LogP contribution in [0.4, 0.5) is 5.69 Å². The molecule has 0 spiro atoms. The molecule has 1 aliphatic heterocycles. The Hall–Kier alpha value is -1.18. The zero-order valence-electron chi connectivity index (χ0n) is 11.9. The van der Waals surface area contributed by atoms with Crippen molar-refractivity contribution in [3.8, 4) is 0 Å². The predicted molar refractivity (Wildman–Crippen MR) is 77.1 cm³/mol. The van der Waals surface area contributed by atoms with E-state index in [0.29, 0.717) is 31.3 Å². The fourth-order valence-corrected chi connectivity index (χ4v) is 4.04. The number of nitrogens with zero attached hydrogens (tertiary/aromatic N) is 2. The van der Waals surface area contributed by atoms with Crippen molar-refractivity contribution in [1.82, 2.24) is 9.29 Å². The van der Waals surface area contributed by atoms with E-state index in [1.807, 2.05) is 0 Å². The standard InChI is InChI=1S/C13H21N3O3S/c1-14-12-4-3-7-15-13(12)20(17,18)16-8-5-11(6-9-16)10-19-2/h3-4,7,11,14H,5-6,8-10H2,1-2H3. The molecule has 1 fully saturated rings. The maximum absolute atomic E-state index is 12.6. The van der Waals surface area contributed by atoms with Crippen LogP contribution in [0.2, 0.25) is 0 Å². The summed E-state index contributed by atoms with van der Waals surface area (Å²) >= 11 is 0. The van der Waals surface area contributed by atoms with Gasteiger partial charge in [-0.2, -0.15) is 4.31 Å². The summed E-state index contributed by atoms with van der Waals surface area (Å²) in [5.41, 5.74) is 0.534. The van der Waals surface area contributed by atoms with Crippen LogP contribution in [0.15, 0.2) is 23.4 Å². The Balaban J connectivity index is 2.16. The number of anilines is 1. The lowest BCUT2D eigenvalue weighted by Crippen LogP contribution is -2.39. The molecule has 1 aromatic heterocycles. The smallest absolute Gasteiger partial charge is 0.262 e. The molecule has 0 amide bonds. The highest BCUT2D eigenvalue weighted by Crippen LogP contribution is 2.26. The first kappa shape index (κ1) is 15.2. The lowest BCUT2D eigenvalue weighted by molar-refractivity contribution is 0.121. The molecular formula is C13H21N3O3S. The summed E-state index contributed by atoms with van der Waals surface area (Å²) in [7, 11) is -0.152. The quantitative estimate of drug-likeness (QED) is 0.883. The fourth-order valence-electron chi connectivity index (χ4n) is 2.46. The van der Waals surface area contributed by atoms with Crippen LogP contribution in [0.3, 0.4) is 0 Å².